The van der Waals surface area contributed by atoms with E-state index in [9.17, 15) is 9.90 Å². The second-order valence-electron chi connectivity index (χ2n) is 6.40. The van der Waals surface area contributed by atoms with E-state index < -0.39 is 0 Å². The Labute approximate surface area is 128 Å². The number of carbonyl (C=O) groups is 1. The van der Waals surface area contributed by atoms with Gasteiger partial charge in [-0.15, -0.1) is 0 Å². The average Bonchev–Trinajstić information content (AvgIpc) is 2.40. The number of para-hydroxylation sites is 1. The Balaban J connectivity index is 2.89. The minimum absolute atomic E-state index is 0.110. The number of carbonyl (C=O) groups excluding carboxylic acids is 1. The number of hydrogen-bond acceptors (Lipinski definition) is 3. The van der Waals surface area contributed by atoms with Gasteiger partial charge in [0.1, 0.15) is 0 Å². The number of amides is 1. The highest BCUT2D eigenvalue weighted by atomic mass is 16.3. The van der Waals surface area contributed by atoms with Crippen LogP contribution in [0.25, 0.3) is 0 Å². The summed E-state index contributed by atoms with van der Waals surface area (Å²) in [7, 11) is 0. The smallest absolute Gasteiger partial charge is 0.257 e. The lowest BCUT2D eigenvalue weighted by Crippen LogP contribution is -2.34. The number of benzene rings is 1. The van der Waals surface area contributed by atoms with Gasteiger partial charge in [0.15, 0.2) is 5.75 Å². The Morgan fingerprint density at radius 3 is 2.14 bits per heavy atom. The predicted octanol–water partition coefficient (Wildman–Crippen LogP) is 3.51. The van der Waals surface area contributed by atoms with Crippen LogP contribution in [-0.2, 0) is 0 Å². The molecule has 0 aliphatic rings. The molecule has 21 heavy (non-hydrogen) atoms. The molecule has 0 bridgehead atoms. The first-order valence-corrected chi connectivity index (χ1v) is 7.69. The fourth-order valence-corrected chi connectivity index (χ4v) is 2.05. The van der Waals surface area contributed by atoms with E-state index in [0.29, 0.717) is 30.5 Å². The van der Waals surface area contributed by atoms with Gasteiger partial charge < -0.3 is 15.7 Å². The summed E-state index contributed by atoms with van der Waals surface area (Å²) in [4.78, 5) is 14.5. The summed E-state index contributed by atoms with van der Waals surface area (Å²) in [6.45, 7) is 9.98. The molecule has 0 spiro atoms. The van der Waals surface area contributed by atoms with Crippen molar-refractivity contribution >= 4 is 11.6 Å². The van der Waals surface area contributed by atoms with Gasteiger partial charge in [0.25, 0.3) is 5.91 Å². The summed E-state index contributed by atoms with van der Waals surface area (Å²) >= 11 is 0. The molecule has 0 atom stereocenters. The van der Waals surface area contributed by atoms with Crippen LogP contribution in [0, 0.1) is 11.8 Å². The maximum absolute atomic E-state index is 12.7. The quantitative estimate of drug-likeness (QED) is 0.597. The largest absolute Gasteiger partial charge is 0.505 e. The Bertz CT molecular complexity index is 458. The first-order valence-electron chi connectivity index (χ1n) is 7.69. The second-order valence-corrected chi connectivity index (χ2v) is 6.40. The molecule has 1 amide bonds. The van der Waals surface area contributed by atoms with E-state index in [0.717, 1.165) is 12.8 Å². The minimum Gasteiger partial charge on any atom is -0.505 e. The highest BCUT2D eigenvalue weighted by Crippen LogP contribution is 2.26. The number of aromatic hydroxyl groups is 1. The fraction of sp³-hybridized carbons (Fsp3) is 0.588. The molecule has 1 rings (SSSR count). The lowest BCUT2D eigenvalue weighted by Gasteiger charge is -2.25. The summed E-state index contributed by atoms with van der Waals surface area (Å²) in [5.74, 6) is 0.824. The van der Waals surface area contributed by atoms with Crippen LogP contribution in [0.1, 0.15) is 50.9 Å². The number of nitrogens with zero attached hydrogens (tertiary/aromatic N) is 1. The van der Waals surface area contributed by atoms with Crippen LogP contribution in [0.4, 0.5) is 5.69 Å². The lowest BCUT2D eigenvalue weighted by atomic mass is 10.1. The third-order valence-corrected chi connectivity index (χ3v) is 3.54. The molecule has 0 saturated heterocycles. The van der Waals surface area contributed by atoms with Crippen LogP contribution in [-0.4, -0.2) is 29.0 Å². The van der Waals surface area contributed by atoms with Gasteiger partial charge in [0, 0.05) is 13.1 Å². The van der Waals surface area contributed by atoms with E-state index >= 15 is 0 Å². The van der Waals surface area contributed by atoms with Crippen LogP contribution < -0.4 is 5.73 Å². The topological polar surface area (TPSA) is 66.6 Å². The molecule has 4 heteroatoms. The van der Waals surface area contributed by atoms with Crippen molar-refractivity contribution in [1.29, 1.82) is 0 Å². The van der Waals surface area contributed by atoms with Gasteiger partial charge in [-0.25, -0.2) is 0 Å². The molecule has 1 aromatic rings. The highest BCUT2D eigenvalue weighted by Gasteiger charge is 2.20. The summed E-state index contributed by atoms with van der Waals surface area (Å²) in [6.07, 6.45) is 1.90. The molecular formula is C17H28N2O2. The Hall–Kier alpha value is -1.71. The molecule has 0 fully saturated rings. The standard InChI is InChI=1S/C17H28N2O2/c1-12(2)8-10-19(11-9-13(3)4)17(21)14-6-5-7-15(18)16(14)20/h5-7,12-13,20H,8-11,18H2,1-4H3. The van der Waals surface area contributed by atoms with Crippen LogP contribution >= 0.6 is 0 Å². The third kappa shape index (κ3) is 5.29. The van der Waals surface area contributed by atoms with Crippen molar-refractivity contribution in [2.45, 2.75) is 40.5 Å². The molecule has 0 saturated carbocycles. The van der Waals surface area contributed by atoms with Gasteiger partial charge in [0.2, 0.25) is 0 Å². The monoisotopic (exact) mass is 292 g/mol. The van der Waals surface area contributed by atoms with Crippen molar-refractivity contribution in [3.05, 3.63) is 23.8 Å². The zero-order chi connectivity index (χ0) is 16.0. The van der Waals surface area contributed by atoms with Crippen LogP contribution in [0.2, 0.25) is 0 Å². The fourth-order valence-electron chi connectivity index (χ4n) is 2.05. The number of hydrogen-bond donors (Lipinski definition) is 2. The molecule has 0 aliphatic carbocycles. The van der Waals surface area contributed by atoms with Crippen molar-refractivity contribution in [3.8, 4) is 5.75 Å². The van der Waals surface area contributed by atoms with Crippen molar-refractivity contribution in [2.24, 2.45) is 11.8 Å². The van der Waals surface area contributed by atoms with E-state index in [2.05, 4.69) is 27.7 Å². The molecule has 0 radical (unpaired) electrons. The summed E-state index contributed by atoms with van der Waals surface area (Å²) in [6, 6.07) is 4.93. The van der Waals surface area contributed by atoms with E-state index in [-0.39, 0.29) is 17.3 Å². The van der Waals surface area contributed by atoms with Gasteiger partial charge in [-0.3, -0.25) is 4.79 Å². The van der Waals surface area contributed by atoms with E-state index in [1.54, 1.807) is 18.2 Å². The van der Waals surface area contributed by atoms with Gasteiger partial charge in [-0.1, -0.05) is 33.8 Å². The maximum Gasteiger partial charge on any atom is 0.257 e. The lowest BCUT2D eigenvalue weighted by molar-refractivity contribution is 0.0738. The van der Waals surface area contributed by atoms with Crippen molar-refractivity contribution in [3.63, 3.8) is 0 Å². The SMILES string of the molecule is CC(C)CCN(CCC(C)C)C(=O)c1cccc(N)c1O. The molecular weight excluding hydrogens is 264 g/mol. The molecule has 0 heterocycles. The summed E-state index contributed by atoms with van der Waals surface area (Å²) in [5.41, 5.74) is 6.22. The normalized spacial score (nSPS) is 11.1. The van der Waals surface area contributed by atoms with Crippen LogP contribution in [0.5, 0.6) is 5.75 Å². The highest BCUT2D eigenvalue weighted by molar-refractivity contribution is 5.98. The number of rotatable bonds is 7. The van der Waals surface area contributed by atoms with E-state index in [4.69, 9.17) is 5.73 Å². The Morgan fingerprint density at radius 2 is 1.67 bits per heavy atom. The molecule has 0 aromatic heterocycles. The van der Waals surface area contributed by atoms with Crippen molar-refractivity contribution in [2.75, 3.05) is 18.8 Å². The van der Waals surface area contributed by atoms with Crippen molar-refractivity contribution in [1.82, 2.24) is 4.90 Å². The Morgan fingerprint density at radius 1 is 1.14 bits per heavy atom. The number of nitrogen functional groups attached to an aromatic ring is 1. The van der Waals surface area contributed by atoms with Crippen LogP contribution in [0.3, 0.4) is 0 Å². The van der Waals surface area contributed by atoms with Gasteiger partial charge >= 0.3 is 0 Å². The van der Waals surface area contributed by atoms with Gasteiger partial charge in [-0.2, -0.15) is 0 Å². The second kappa shape index (κ2) is 7.91. The molecule has 0 aliphatic heterocycles. The minimum atomic E-state index is -0.138. The molecule has 3 N–H and O–H groups in total. The first kappa shape index (κ1) is 17.3. The van der Waals surface area contributed by atoms with E-state index in [1.165, 1.54) is 0 Å². The zero-order valence-electron chi connectivity index (χ0n) is 13.6. The molecule has 1 aromatic carbocycles. The zero-order valence-corrected chi connectivity index (χ0v) is 13.6. The van der Waals surface area contributed by atoms with Gasteiger partial charge in [0.05, 0.1) is 11.3 Å². The van der Waals surface area contributed by atoms with E-state index in [1.807, 2.05) is 4.90 Å². The third-order valence-electron chi connectivity index (χ3n) is 3.54. The predicted molar refractivity (Wildman–Crippen MR) is 87.3 cm³/mol. The summed E-state index contributed by atoms with van der Waals surface area (Å²) < 4.78 is 0. The van der Waals surface area contributed by atoms with Crippen molar-refractivity contribution < 1.29 is 9.90 Å². The number of anilines is 1. The molecule has 0 unspecified atom stereocenters. The Kier molecular flexibility index (Phi) is 6.53. The molecule has 118 valence electrons. The number of nitrogens with two attached hydrogens (primary N) is 1. The van der Waals surface area contributed by atoms with Crippen LogP contribution in [0.15, 0.2) is 18.2 Å². The maximum atomic E-state index is 12.7. The van der Waals surface area contributed by atoms with Gasteiger partial charge in [-0.05, 0) is 36.8 Å². The average molecular weight is 292 g/mol. The molecule has 4 nitrogen and oxygen atoms in total. The number of phenols is 1. The number of phenolic OH excluding ortho intramolecular Hbond substituents is 1. The summed E-state index contributed by atoms with van der Waals surface area (Å²) in [5, 5.41) is 10.00. The first-order chi connectivity index (χ1) is 9.82.